The molecule has 0 bridgehead atoms. The van der Waals surface area contributed by atoms with Crippen LogP contribution >= 0.6 is 7.60 Å². The summed E-state index contributed by atoms with van der Waals surface area (Å²) in [7, 11) is -4.32. The number of amides is 1. The zero-order chi connectivity index (χ0) is 18.5. The summed E-state index contributed by atoms with van der Waals surface area (Å²) < 4.78 is 11.6. The van der Waals surface area contributed by atoms with E-state index in [2.05, 4.69) is 24.2 Å². The van der Waals surface area contributed by atoms with E-state index in [9.17, 15) is 19.1 Å². The van der Waals surface area contributed by atoms with Crippen LogP contribution in [0.4, 0.5) is 0 Å². The first-order valence-corrected chi connectivity index (χ1v) is 9.82. The Morgan fingerprint density at radius 3 is 2.42 bits per heavy atom. The van der Waals surface area contributed by atoms with Gasteiger partial charge in [0.2, 0.25) is 5.91 Å². The first-order chi connectivity index (χ1) is 11.1. The van der Waals surface area contributed by atoms with Gasteiger partial charge in [-0.3, -0.25) is 9.36 Å². The van der Waals surface area contributed by atoms with Gasteiger partial charge in [0.25, 0.3) is 0 Å². The number of carbonyl (C=O) groups is 1. The molecule has 9 heteroatoms. The number of aliphatic imine (C=N–C) groups is 1. The number of hydrogen-bond donors (Lipinski definition) is 5. The molecule has 138 valence electrons. The highest BCUT2D eigenvalue weighted by Gasteiger charge is 2.39. The molecule has 1 aliphatic carbocycles. The van der Waals surface area contributed by atoms with Crippen LogP contribution < -0.4 is 16.8 Å². The van der Waals surface area contributed by atoms with Crippen LogP contribution in [0.3, 0.4) is 0 Å². The second-order valence-electron chi connectivity index (χ2n) is 6.27. The zero-order valence-electron chi connectivity index (χ0n) is 14.5. The van der Waals surface area contributed by atoms with E-state index >= 15 is 0 Å². The van der Waals surface area contributed by atoms with Crippen LogP contribution in [0.25, 0.3) is 0 Å². The summed E-state index contributed by atoms with van der Waals surface area (Å²) in [5, 5.41) is 3.05. The van der Waals surface area contributed by atoms with Crippen LogP contribution in [0.1, 0.15) is 46.5 Å². The summed E-state index contributed by atoms with van der Waals surface area (Å²) >= 11 is 0. The molecule has 0 radical (unpaired) electrons. The van der Waals surface area contributed by atoms with Gasteiger partial charge in [-0.05, 0) is 12.3 Å². The van der Waals surface area contributed by atoms with Crippen molar-refractivity contribution >= 4 is 19.5 Å². The van der Waals surface area contributed by atoms with Gasteiger partial charge in [0.15, 0.2) is 5.96 Å². The minimum Gasteiger partial charge on any atom is -0.370 e. The Hall–Kier alpha value is -1.37. The number of nitrogens with zero attached hydrogens (tertiary/aromatic N) is 1. The third-order valence-corrected chi connectivity index (χ3v) is 5.73. The maximum atomic E-state index is 11.6. The van der Waals surface area contributed by atoms with E-state index in [4.69, 9.17) is 11.5 Å². The van der Waals surface area contributed by atoms with Gasteiger partial charge in [-0.2, -0.15) is 0 Å². The summed E-state index contributed by atoms with van der Waals surface area (Å²) in [6.45, 7) is 5.57. The van der Waals surface area contributed by atoms with E-state index in [-0.39, 0.29) is 41.5 Å². The number of guanidine groups is 1. The highest BCUT2D eigenvalue weighted by Crippen LogP contribution is 2.51. The van der Waals surface area contributed by atoms with Gasteiger partial charge in [0, 0.05) is 30.6 Å². The molecule has 0 aromatic heterocycles. The molecule has 0 aromatic carbocycles. The number of rotatable bonds is 7. The summed E-state index contributed by atoms with van der Waals surface area (Å²) in [6, 6.07) is -0.625. The van der Waals surface area contributed by atoms with E-state index in [0.717, 1.165) is 12.8 Å². The Bertz CT molecular complexity index is 550. The minimum atomic E-state index is -4.32. The number of nitrogens with two attached hydrogens (primary N) is 2. The normalized spacial score (nSPS) is 22.7. The minimum absolute atomic E-state index is 0.0554. The molecular weight excluding hydrogens is 331 g/mol. The van der Waals surface area contributed by atoms with E-state index in [1.807, 2.05) is 0 Å². The van der Waals surface area contributed by atoms with Crippen molar-refractivity contribution in [3.63, 3.8) is 0 Å². The van der Waals surface area contributed by atoms with Crippen molar-refractivity contribution < 1.29 is 19.1 Å². The average Bonchev–Trinajstić information content (AvgIpc) is 2.45. The summed E-state index contributed by atoms with van der Waals surface area (Å²) in [5.74, 6) is -0.139. The number of hydrogen-bond acceptors (Lipinski definition) is 3. The van der Waals surface area contributed by atoms with Crippen LogP contribution in [0.5, 0.6) is 0 Å². The second-order valence-corrected chi connectivity index (χ2v) is 7.93. The highest BCUT2D eigenvalue weighted by molar-refractivity contribution is 7.56. The van der Waals surface area contributed by atoms with Gasteiger partial charge >= 0.3 is 7.60 Å². The lowest BCUT2D eigenvalue weighted by atomic mass is 9.76. The molecule has 7 N–H and O–H groups in total. The largest absolute Gasteiger partial charge is 0.370 e. The van der Waals surface area contributed by atoms with Crippen molar-refractivity contribution in [1.82, 2.24) is 5.32 Å². The summed E-state index contributed by atoms with van der Waals surface area (Å²) in [6.07, 6.45) is 3.82. The van der Waals surface area contributed by atoms with Gasteiger partial charge < -0.3 is 26.6 Å². The maximum absolute atomic E-state index is 11.6. The quantitative estimate of drug-likeness (QED) is 0.260. The Balaban J connectivity index is 3.22. The first kappa shape index (κ1) is 20.7. The average molecular weight is 360 g/mol. The number of carbonyl (C=O) groups excluding carboxylic acids is 1. The summed E-state index contributed by atoms with van der Waals surface area (Å²) in [4.78, 5) is 34.7. The molecule has 0 unspecified atom stereocenters. The first-order valence-electron chi connectivity index (χ1n) is 8.21. The Kier molecular flexibility index (Phi) is 7.45. The molecule has 3 atom stereocenters. The predicted octanol–water partition coefficient (Wildman–Crippen LogP) is 1.04. The Morgan fingerprint density at radius 2 is 2.00 bits per heavy atom. The number of nitrogens with one attached hydrogen (secondary N) is 1. The molecule has 1 rings (SSSR count). The molecular formula is C15H29N4O4P. The van der Waals surface area contributed by atoms with Gasteiger partial charge in [-0.1, -0.05) is 32.8 Å². The molecule has 0 saturated carbocycles. The Labute approximate surface area is 142 Å². The lowest BCUT2D eigenvalue weighted by Crippen LogP contribution is -2.49. The Morgan fingerprint density at radius 1 is 1.42 bits per heavy atom. The van der Waals surface area contributed by atoms with Crippen LogP contribution in [-0.2, 0) is 9.36 Å². The monoisotopic (exact) mass is 360 g/mol. The fourth-order valence-electron chi connectivity index (χ4n) is 3.44. The maximum Gasteiger partial charge on any atom is 0.351 e. The molecule has 24 heavy (non-hydrogen) atoms. The third kappa shape index (κ3) is 5.61. The lowest BCUT2D eigenvalue weighted by Gasteiger charge is -2.38. The van der Waals surface area contributed by atoms with Gasteiger partial charge in [-0.25, -0.2) is 4.99 Å². The third-order valence-electron chi connectivity index (χ3n) is 4.62. The smallest absolute Gasteiger partial charge is 0.351 e. The van der Waals surface area contributed by atoms with Crippen LogP contribution in [-0.4, -0.2) is 33.7 Å². The molecule has 0 heterocycles. The number of allylic oxidation sites excluding steroid dienone is 1. The van der Waals surface area contributed by atoms with Crippen molar-refractivity contribution in [2.75, 3.05) is 0 Å². The van der Waals surface area contributed by atoms with Crippen LogP contribution in [0.2, 0.25) is 0 Å². The fraction of sp³-hybridized carbons (Fsp3) is 0.733. The second kappa shape index (κ2) is 8.65. The molecule has 8 nitrogen and oxygen atoms in total. The van der Waals surface area contributed by atoms with Crippen molar-refractivity contribution in [1.29, 1.82) is 0 Å². The van der Waals surface area contributed by atoms with Gasteiger partial charge in [0.05, 0.1) is 6.04 Å². The van der Waals surface area contributed by atoms with Crippen molar-refractivity contribution in [3.05, 3.63) is 11.4 Å². The van der Waals surface area contributed by atoms with E-state index in [1.54, 1.807) is 6.08 Å². The molecule has 0 spiro atoms. The molecule has 1 aliphatic rings. The lowest BCUT2D eigenvalue weighted by molar-refractivity contribution is -0.120. The van der Waals surface area contributed by atoms with Crippen molar-refractivity contribution in [3.8, 4) is 0 Å². The standard InChI is InChI=1S/C15H29N4O4P/c1-4-10(5-2)14(18-9(3)20)12-7-6-11(24(21,22)23)8-13(12)19-15(16)17/h6,10,12-14H,4-5,7-8H2,1-3H3,(H,18,20)(H4,16,17,19)(H2,21,22,23)/t12-,13-,14-/m0/s1. The van der Waals surface area contributed by atoms with Crippen LogP contribution in [0.15, 0.2) is 16.4 Å². The van der Waals surface area contributed by atoms with E-state index in [1.165, 1.54) is 6.92 Å². The molecule has 1 amide bonds. The van der Waals surface area contributed by atoms with Crippen LogP contribution in [0, 0.1) is 11.8 Å². The highest BCUT2D eigenvalue weighted by atomic mass is 31.2. The van der Waals surface area contributed by atoms with E-state index in [0.29, 0.717) is 6.42 Å². The molecule has 0 aliphatic heterocycles. The van der Waals surface area contributed by atoms with Crippen molar-refractivity contribution in [2.45, 2.75) is 58.5 Å². The zero-order valence-corrected chi connectivity index (χ0v) is 15.4. The predicted molar refractivity (Wildman–Crippen MR) is 94.1 cm³/mol. The van der Waals surface area contributed by atoms with Gasteiger partial charge in [-0.15, -0.1) is 0 Å². The topological polar surface area (TPSA) is 151 Å². The van der Waals surface area contributed by atoms with E-state index < -0.39 is 13.6 Å². The fourth-order valence-corrected chi connectivity index (χ4v) is 4.21. The van der Waals surface area contributed by atoms with Gasteiger partial charge in [0.1, 0.15) is 0 Å². The van der Waals surface area contributed by atoms with Crippen molar-refractivity contribution in [2.24, 2.45) is 28.3 Å². The molecule has 0 saturated heterocycles. The summed E-state index contributed by atoms with van der Waals surface area (Å²) in [5.41, 5.74) is 11.0. The molecule has 0 fully saturated rings. The molecule has 0 aromatic rings. The SMILES string of the molecule is CCC(CC)[C@H](NC(C)=O)[C@H]1CC=C(P(=O)(O)O)C[C@@H]1N=C(N)N.